The summed E-state index contributed by atoms with van der Waals surface area (Å²) in [6, 6.07) is 12.1. The summed E-state index contributed by atoms with van der Waals surface area (Å²) in [5.74, 6) is 0.993. The maximum Gasteiger partial charge on any atom is 0.337 e. The number of methoxy groups -OCH3 is 2. The van der Waals surface area contributed by atoms with Gasteiger partial charge in [-0.2, -0.15) is 0 Å². The third kappa shape index (κ3) is 3.66. The number of anilines is 1. The molecule has 0 aliphatic heterocycles. The van der Waals surface area contributed by atoms with Crippen LogP contribution in [0.4, 0.5) is 5.69 Å². The number of esters is 1. The van der Waals surface area contributed by atoms with E-state index in [0.717, 1.165) is 11.3 Å². The van der Waals surface area contributed by atoms with Crippen molar-refractivity contribution in [2.45, 2.75) is 6.61 Å². The fourth-order valence-electron chi connectivity index (χ4n) is 1.80. The molecule has 0 aromatic heterocycles. The van der Waals surface area contributed by atoms with E-state index in [9.17, 15) is 4.79 Å². The van der Waals surface area contributed by atoms with Crippen molar-refractivity contribution in [1.29, 1.82) is 0 Å². The Bertz CT molecular complexity index is 623. The van der Waals surface area contributed by atoms with Gasteiger partial charge in [-0.05, 0) is 42.5 Å². The molecule has 0 fully saturated rings. The predicted molar refractivity (Wildman–Crippen MR) is 79.5 cm³/mol. The first kappa shape index (κ1) is 14.7. The first-order chi connectivity index (χ1) is 10.1. The van der Waals surface area contributed by atoms with Crippen LogP contribution in [0.15, 0.2) is 42.5 Å². The number of ether oxygens (including phenoxy) is 3. The monoisotopic (exact) mass is 287 g/mol. The number of hydrogen-bond donors (Lipinski definition) is 1. The van der Waals surface area contributed by atoms with Crippen LogP contribution in [0, 0.1) is 0 Å². The normalized spacial score (nSPS) is 10.0. The van der Waals surface area contributed by atoms with Gasteiger partial charge < -0.3 is 19.9 Å². The second-order valence-corrected chi connectivity index (χ2v) is 4.37. The summed E-state index contributed by atoms with van der Waals surface area (Å²) in [6.07, 6.45) is 0. The summed E-state index contributed by atoms with van der Waals surface area (Å²) in [6.45, 7) is 0.320. The maximum atomic E-state index is 11.3. The Kier molecular flexibility index (Phi) is 4.66. The molecule has 5 heteroatoms. The lowest BCUT2D eigenvalue weighted by molar-refractivity contribution is 0.0600. The average Bonchev–Trinajstić information content (AvgIpc) is 2.54. The van der Waals surface area contributed by atoms with Crippen molar-refractivity contribution in [2.24, 2.45) is 0 Å². The lowest BCUT2D eigenvalue weighted by Crippen LogP contribution is -2.02. The van der Waals surface area contributed by atoms with Gasteiger partial charge in [0.15, 0.2) is 0 Å². The van der Waals surface area contributed by atoms with Crippen LogP contribution in [-0.2, 0) is 11.3 Å². The van der Waals surface area contributed by atoms with Gasteiger partial charge >= 0.3 is 5.97 Å². The van der Waals surface area contributed by atoms with Crippen molar-refractivity contribution in [3.63, 3.8) is 0 Å². The highest BCUT2D eigenvalue weighted by atomic mass is 16.5. The van der Waals surface area contributed by atoms with E-state index in [1.54, 1.807) is 43.5 Å². The third-order valence-electron chi connectivity index (χ3n) is 3.02. The number of nitrogen functional groups attached to an aromatic ring is 1. The number of hydrogen-bond acceptors (Lipinski definition) is 5. The molecule has 21 heavy (non-hydrogen) atoms. The third-order valence-corrected chi connectivity index (χ3v) is 3.02. The predicted octanol–water partition coefficient (Wildman–Crippen LogP) is 2.64. The smallest absolute Gasteiger partial charge is 0.337 e. The van der Waals surface area contributed by atoms with E-state index in [0.29, 0.717) is 23.6 Å². The number of nitrogens with two attached hydrogens (primary N) is 1. The summed E-state index contributed by atoms with van der Waals surface area (Å²) in [5.41, 5.74) is 7.85. The van der Waals surface area contributed by atoms with Gasteiger partial charge in [-0.15, -0.1) is 0 Å². The molecule has 0 spiro atoms. The van der Waals surface area contributed by atoms with Crippen molar-refractivity contribution in [1.82, 2.24) is 0 Å². The first-order valence-corrected chi connectivity index (χ1v) is 6.37. The highest BCUT2D eigenvalue weighted by molar-refractivity contribution is 5.89. The van der Waals surface area contributed by atoms with Crippen LogP contribution in [0.5, 0.6) is 11.5 Å². The summed E-state index contributed by atoms with van der Waals surface area (Å²) >= 11 is 0. The quantitative estimate of drug-likeness (QED) is 0.676. The molecular formula is C16H17NO4. The number of carbonyl (C=O) groups is 1. The van der Waals surface area contributed by atoms with E-state index in [-0.39, 0.29) is 5.97 Å². The van der Waals surface area contributed by atoms with Gasteiger partial charge in [0.1, 0.15) is 18.1 Å². The van der Waals surface area contributed by atoms with E-state index >= 15 is 0 Å². The van der Waals surface area contributed by atoms with Crippen molar-refractivity contribution in [3.05, 3.63) is 53.6 Å². The molecule has 2 aromatic rings. The van der Waals surface area contributed by atoms with Gasteiger partial charge in [0.2, 0.25) is 0 Å². The van der Waals surface area contributed by atoms with Crippen LogP contribution < -0.4 is 15.2 Å². The molecule has 0 aliphatic rings. The van der Waals surface area contributed by atoms with Gasteiger partial charge in [-0.1, -0.05) is 0 Å². The molecule has 0 saturated heterocycles. The SMILES string of the molecule is COC(=O)c1ccc(OCc2cc(OC)ccc2N)cc1. The molecule has 0 bridgehead atoms. The van der Waals surface area contributed by atoms with Crippen LogP contribution in [0.1, 0.15) is 15.9 Å². The minimum absolute atomic E-state index is 0.320. The Balaban J connectivity index is 2.04. The fourth-order valence-corrected chi connectivity index (χ4v) is 1.80. The molecule has 0 radical (unpaired) electrons. The van der Waals surface area contributed by atoms with E-state index in [2.05, 4.69) is 4.74 Å². The Morgan fingerprint density at radius 3 is 2.33 bits per heavy atom. The summed E-state index contributed by atoms with van der Waals surface area (Å²) in [5, 5.41) is 0. The zero-order valence-electron chi connectivity index (χ0n) is 12.0. The van der Waals surface area contributed by atoms with E-state index in [4.69, 9.17) is 15.2 Å². The lowest BCUT2D eigenvalue weighted by atomic mass is 10.2. The maximum absolute atomic E-state index is 11.3. The van der Waals surface area contributed by atoms with Crippen molar-refractivity contribution < 1.29 is 19.0 Å². The molecule has 0 amide bonds. The van der Waals surface area contributed by atoms with E-state index < -0.39 is 0 Å². The van der Waals surface area contributed by atoms with Crippen molar-refractivity contribution in [2.75, 3.05) is 20.0 Å². The van der Waals surface area contributed by atoms with Crippen LogP contribution in [0.2, 0.25) is 0 Å². The average molecular weight is 287 g/mol. The van der Waals surface area contributed by atoms with Crippen molar-refractivity contribution in [3.8, 4) is 11.5 Å². The van der Waals surface area contributed by atoms with Gasteiger partial charge in [0, 0.05) is 11.3 Å². The summed E-state index contributed by atoms with van der Waals surface area (Å²) in [4.78, 5) is 11.3. The Hall–Kier alpha value is -2.69. The van der Waals surface area contributed by atoms with E-state index in [1.807, 2.05) is 6.07 Å². The highest BCUT2D eigenvalue weighted by Gasteiger charge is 2.06. The standard InChI is InChI=1S/C16H17NO4/c1-19-14-7-8-15(17)12(9-14)10-21-13-5-3-11(4-6-13)16(18)20-2/h3-9H,10,17H2,1-2H3. The van der Waals surface area contributed by atoms with Gasteiger partial charge in [0.25, 0.3) is 0 Å². The minimum Gasteiger partial charge on any atom is -0.497 e. The summed E-state index contributed by atoms with van der Waals surface area (Å²) < 4.78 is 15.4. The second-order valence-electron chi connectivity index (χ2n) is 4.37. The van der Waals surface area contributed by atoms with Gasteiger partial charge in [-0.25, -0.2) is 4.79 Å². The highest BCUT2D eigenvalue weighted by Crippen LogP contribution is 2.22. The lowest BCUT2D eigenvalue weighted by Gasteiger charge is -2.10. The molecule has 0 aliphatic carbocycles. The molecule has 2 rings (SSSR count). The van der Waals surface area contributed by atoms with Crippen LogP contribution in [0.3, 0.4) is 0 Å². The summed E-state index contributed by atoms with van der Waals surface area (Å²) in [7, 11) is 2.94. The van der Waals surface area contributed by atoms with Crippen LogP contribution in [0.25, 0.3) is 0 Å². The Labute approximate surface area is 123 Å². The number of carbonyl (C=O) groups excluding carboxylic acids is 1. The molecule has 2 N–H and O–H groups in total. The second kappa shape index (κ2) is 6.65. The molecule has 2 aromatic carbocycles. The van der Waals surface area contributed by atoms with Crippen molar-refractivity contribution >= 4 is 11.7 Å². The molecule has 110 valence electrons. The van der Waals surface area contributed by atoms with Crippen LogP contribution in [-0.4, -0.2) is 20.2 Å². The van der Waals surface area contributed by atoms with Gasteiger partial charge in [-0.3, -0.25) is 0 Å². The number of rotatable bonds is 5. The van der Waals surface area contributed by atoms with Gasteiger partial charge in [0.05, 0.1) is 19.8 Å². The first-order valence-electron chi connectivity index (χ1n) is 6.37. The Morgan fingerprint density at radius 1 is 1.05 bits per heavy atom. The molecule has 0 heterocycles. The molecule has 0 saturated carbocycles. The van der Waals surface area contributed by atoms with E-state index in [1.165, 1.54) is 7.11 Å². The topological polar surface area (TPSA) is 70.8 Å². The fraction of sp³-hybridized carbons (Fsp3) is 0.188. The minimum atomic E-state index is -0.376. The zero-order valence-corrected chi connectivity index (χ0v) is 12.0. The molecule has 0 unspecified atom stereocenters. The molecular weight excluding hydrogens is 270 g/mol. The number of benzene rings is 2. The largest absolute Gasteiger partial charge is 0.497 e. The molecule has 5 nitrogen and oxygen atoms in total. The zero-order chi connectivity index (χ0) is 15.2. The molecule has 0 atom stereocenters. The van der Waals surface area contributed by atoms with Crippen LogP contribution >= 0.6 is 0 Å². The Morgan fingerprint density at radius 2 is 1.71 bits per heavy atom.